The third-order valence-electron chi connectivity index (χ3n) is 2.91. The second-order valence-electron chi connectivity index (χ2n) is 4.75. The summed E-state index contributed by atoms with van der Waals surface area (Å²) in [5, 5.41) is 0. The van der Waals surface area contributed by atoms with Gasteiger partial charge in [0.05, 0.1) is 11.3 Å². The maximum absolute atomic E-state index is 13.4. The summed E-state index contributed by atoms with van der Waals surface area (Å²) in [5.41, 5.74) is 5.18. The Morgan fingerprint density at radius 1 is 1.25 bits per heavy atom. The third-order valence-corrected chi connectivity index (χ3v) is 2.91. The van der Waals surface area contributed by atoms with Crippen molar-refractivity contribution in [2.45, 2.75) is 25.9 Å². The van der Waals surface area contributed by atoms with Gasteiger partial charge in [0.1, 0.15) is 5.82 Å². The highest BCUT2D eigenvalue weighted by molar-refractivity contribution is 5.67. The van der Waals surface area contributed by atoms with Crippen LogP contribution in [0.1, 0.15) is 30.9 Å². The molecule has 2 heterocycles. The summed E-state index contributed by atoms with van der Waals surface area (Å²) in [4.78, 5) is 7.71. The zero-order chi connectivity index (χ0) is 14.9. The lowest BCUT2D eigenvalue weighted by Crippen LogP contribution is -2.14. The molecular formula is C14H14F3N3. The van der Waals surface area contributed by atoms with Gasteiger partial charge in [-0.15, -0.1) is 0 Å². The summed E-state index contributed by atoms with van der Waals surface area (Å²) in [6, 6.07) is 4.39. The molecule has 0 unspecified atom stereocenters. The molecule has 106 valence electrons. The van der Waals surface area contributed by atoms with E-state index in [2.05, 4.69) is 9.97 Å². The van der Waals surface area contributed by atoms with Crippen LogP contribution >= 0.6 is 0 Å². The zero-order valence-corrected chi connectivity index (χ0v) is 11.1. The Morgan fingerprint density at radius 3 is 2.45 bits per heavy atom. The van der Waals surface area contributed by atoms with E-state index in [0.29, 0.717) is 5.56 Å². The average Bonchev–Trinajstić information content (AvgIpc) is 2.37. The summed E-state index contributed by atoms with van der Waals surface area (Å²) in [5.74, 6) is -0.243. The van der Waals surface area contributed by atoms with E-state index in [4.69, 9.17) is 5.73 Å². The van der Waals surface area contributed by atoms with E-state index >= 15 is 0 Å². The fourth-order valence-electron chi connectivity index (χ4n) is 2.05. The van der Waals surface area contributed by atoms with Crippen molar-refractivity contribution >= 4 is 5.82 Å². The molecule has 0 amide bonds. The van der Waals surface area contributed by atoms with Crippen LogP contribution in [0.2, 0.25) is 0 Å². The smallest absolute Gasteiger partial charge is 0.384 e. The molecule has 0 aromatic carbocycles. The van der Waals surface area contributed by atoms with Crippen LogP contribution in [0.25, 0.3) is 11.3 Å². The van der Waals surface area contributed by atoms with Gasteiger partial charge in [0, 0.05) is 18.0 Å². The molecule has 0 bridgehead atoms. The lowest BCUT2D eigenvalue weighted by atomic mass is 9.94. The van der Waals surface area contributed by atoms with Crippen LogP contribution in [0.15, 0.2) is 30.6 Å². The van der Waals surface area contributed by atoms with Crippen molar-refractivity contribution in [1.29, 1.82) is 0 Å². The maximum atomic E-state index is 13.4. The highest BCUT2D eigenvalue weighted by Gasteiger charge is 2.38. The number of nitrogen functional groups attached to an aromatic ring is 1. The molecule has 0 saturated heterocycles. The Morgan fingerprint density at radius 2 is 1.95 bits per heavy atom. The molecule has 2 rings (SSSR count). The van der Waals surface area contributed by atoms with Gasteiger partial charge >= 0.3 is 6.18 Å². The first kappa shape index (κ1) is 14.3. The SMILES string of the molecule is CC(C)c1cc(N)nc(-c2cccnc2)c1C(F)(F)F. The van der Waals surface area contributed by atoms with Crippen LogP contribution in [0, 0.1) is 0 Å². The van der Waals surface area contributed by atoms with Crippen molar-refractivity contribution in [1.82, 2.24) is 9.97 Å². The van der Waals surface area contributed by atoms with Gasteiger partial charge in [-0.25, -0.2) is 4.98 Å². The van der Waals surface area contributed by atoms with Gasteiger partial charge in [-0.1, -0.05) is 13.8 Å². The molecule has 2 N–H and O–H groups in total. The van der Waals surface area contributed by atoms with Crippen molar-refractivity contribution < 1.29 is 13.2 Å². The fourth-order valence-corrected chi connectivity index (χ4v) is 2.05. The highest BCUT2D eigenvalue weighted by atomic mass is 19.4. The number of rotatable bonds is 2. The van der Waals surface area contributed by atoms with Gasteiger partial charge in [0.2, 0.25) is 0 Å². The van der Waals surface area contributed by atoms with Crippen molar-refractivity contribution in [3.05, 3.63) is 41.7 Å². The quantitative estimate of drug-likeness (QED) is 0.909. The molecule has 0 saturated carbocycles. The Labute approximate surface area is 114 Å². The molecule has 0 atom stereocenters. The first-order valence-electron chi connectivity index (χ1n) is 6.08. The van der Waals surface area contributed by atoms with Crippen molar-refractivity contribution in [3.8, 4) is 11.3 Å². The molecule has 0 fully saturated rings. The predicted octanol–water partition coefficient (Wildman–Crippen LogP) is 3.87. The fraction of sp³-hybridized carbons (Fsp3) is 0.286. The number of hydrogen-bond acceptors (Lipinski definition) is 3. The summed E-state index contributed by atoms with van der Waals surface area (Å²) in [6.45, 7) is 3.38. The first-order valence-corrected chi connectivity index (χ1v) is 6.08. The van der Waals surface area contributed by atoms with Gasteiger partial charge < -0.3 is 5.73 Å². The van der Waals surface area contributed by atoms with E-state index in [0.717, 1.165) is 0 Å². The van der Waals surface area contributed by atoms with Gasteiger partial charge in [-0.05, 0) is 29.7 Å². The summed E-state index contributed by atoms with van der Waals surface area (Å²) in [6.07, 6.45) is -1.65. The number of nitrogens with zero attached hydrogens (tertiary/aromatic N) is 2. The Kier molecular flexibility index (Phi) is 3.65. The number of nitrogens with two attached hydrogens (primary N) is 1. The molecule has 6 heteroatoms. The summed E-state index contributed by atoms with van der Waals surface area (Å²) < 4.78 is 40.2. The van der Waals surface area contributed by atoms with Gasteiger partial charge in [-0.2, -0.15) is 13.2 Å². The third kappa shape index (κ3) is 2.74. The van der Waals surface area contributed by atoms with Crippen molar-refractivity contribution in [3.63, 3.8) is 0 Å². The zero-order valence-electron chi connectivity index (χ0n) is 11.1. The van der Waals surface area contributed by atoms with Crippen LogP contribution in [0.3, 0.4) is 0 Å². The minimum atomic E-state index is -4.49. The molecule has 0 aliphatic carbocycles. The minimum absolute atomic E-state index is 0.0700. The number of aromatic nitrogens is 2. The van der Waals surface area contributed by atoms with Crippen LogP contribution in [0.4, 0.5) is 19.0 Å². The van der Waals surface area contributed by atoms with Gasteiger partial charge in [0.15, 0.2) is 0 Å². The molecule has 2 aromatic rings. The summed E-state index contributed by atoms with van der Waals surface area (Å²) in [7, 11) is 0. The van der Waals surface area contributed by atoms with Crippen LogP contribution in [0.5, 0.6) is 0 Å². The molecular weight excluding hydrogens is 267 g/mol. The summed E-state index contributed by atoms with van der Waals surface area (Å²) >= 11 is 0. The average molecular weight is 281 g/mol. The lowest BCUT2D eigenvalue weighted by Gasteiger charge is -2.19. The molecule has 0 radical (unpaired) electrons. The van der Waals surface area contributed by atoms with Crippen LogP contribution in [-0.2, 0) is 6.18 Å². The largest absolute Gasteiger partial charge is 0.418 e. The minimum Gasteiger partial charge on any atom is -0.384 e. The topological polar surface area (TPSA) is 51.8 Å². The van der Waals surface area contributed by atoms with E-state index in [1.54, 1.807) is 19.9 Å². The molecule has 2 aromatic heterocycles. The van der Waals surface area contributed by atoms with E-state index in [9.17, 15) is 13.2 Å². The number of hydrogen-bond donors (Lipinski definition) is 1. The van der Waals surface area contributed by atoms with Gasteiger partial charge in [-0.3, -0.25) is 4.98 Å². The molecule has 20 heavy (non-hydrogen) atoms. The lowest BCUT2D eigenvalue weighted by molar-refractivity contribution is -0.138. The van der Waals surface area contributed by atoms with Crippen molar-refractivity contribution in [2.24, 2.45) is 0 Å². The molecule has 0 aliphatic heterocycles. The van der Waals surface area contributed by atoms with E-state index in [1.165, 1.54) is 24.5 Å². The van der Waals surface area contributed by atoms with Crippen molar-refractivity contribution in [2.75, 3.05) is 5.73 Å². The van der Waals surface area contributed by atoms with E-state index in [1.807, 2.05) is 0 Å². The molecule has 0 spiro atoms. The maximum Gasteiger partial charge on any atom is 0.418 e. The Bertz CT molecular complexity index is 607. The Hall–Kier alpha value is -2.11. The second kappa shape index (κ2) is 5.11. The molecule has 3 nitrogen and oxygen atoms in total. The Balaban J connectivity index is 2.79. The highest BCUT2D eigenvalue weighted by Crippen LogP contribution is 2.41. The number of anilines is 1. The standard InChI is InChI=1S/C14H14F3N3/c1-8(2)10-6-11(18)20-13(12(10)14(15,16)17)9-4-3-5-19-7-9/h3-8H,1-2H3,(H2,18,20). The normalized spacial score (nSPS) is 11.9. The van der Waals surface area contributed by atoms with Crippen LogP contribution < -0.4 is 5.73 Å². The van der Waals surface area contributed by atoms with E-state index < -0.39 is 11.7 Å². The first-order chi connectivity index (χ1) is 9.30. The molecule has 0 aliphatic rings. The van der Waals surface area contributed by atoms with Gasteiger partial charge in [0.25, 0.3) is 0 Å². The number of alkyl halides is 3. The number of halogens is 3. The van der Waals surface area contributed by atoms with Crippen LogP contribution in [-0.4, -0.2) is 9.97 Å². The number of pyridine rings is 2. The second-order valence-corrected chi connectivity index (χ2v) is 4.75. The monoisotopic (exact) mass is 281 g/mol. The predicted molar refractivity (Wildman–Crippen MR) is 71.0 cm³/mol. The van der Waals surface area contributed by atoms with E-state index in [-0.39, 0.29) is 23.0 Å².